The fourth-order valence-corrected chi connectivity index (χ4v) is 2.96. The Morgan fingerprint density at radius 2 is 2.29 bits per heavy atom. The summed E-state index contributed by atoms with van der Waals surface area (Å²) in [5.74, 6) is 0.995. The van der Waals surface area contributed by atoms with E-state index in [0.29, 0.717) is 6.04 Å². The molecule has 3 rings (SSSR count). The van der Waals surface area contributed by atoms with Gasteiger partial charge in [0.25, 0.3) is 0 Å². The molecule has 0 spiro atoms. The maximum absolute atomic E-state index is 5.97. The fraction of sp³-hybridized carbons (Fsp3) is 0.600. The first-order chi connectivity index (χ1) is 10.1. The summed E-state index contributed by atoms with van der Waals surface area (Å²) in [4.78, 5) is 4.45. The lowest BCUT2D eigenvalue weighted by atomic mass is 10.0. The number of hydrogen-bond acceptors (Lipinski definition) is 4. The minimum Gasteiger partial charge on any atom is -0.369 e. The van der Waals surface area contributed by atoms with Crippen LogP contribution in [0.5, 0.6) is 0 Å². The average molecular weight is 289 g/mol. The molecule has 1 aliphatic heterocycles. The predicted octanol–water partition coefficient (Wildman–Crippen LogP) is 1.47. The summed E-state index contributed by atoms with van der Waals surface area (Å²) in [6.45, 7) is 3.67. The van der Waals surface area contributed by atoms with Gasteiger partial charge in [0.1, 0.15) is 11.9 Å². The molecule has 0 aliphatic carbocycles. The molecule has 6 heteroatoms. The summed E-state index contributed by atoms with van der Waals surface area (Å²) in [5, 5.41) is 8.01. The van der Waals surface area contributed by atoms with Crippen molar-refractivity contribution < 1.29 is 4.74 Å². The number of aromatic nitrogens is 4. The molecule has 0 unspecified atom stereocenters. The zero-order valence-corrected chi connectivity index (χ0v) is 12.9. The number of hydrogen-bond donors (Lipinski definition) is 1. The van der Waals surface area contributed by atoms with E-state index in [9.17, 15) is 0 Å². The number of imidazole rings is 1. The van der Waals surface area contributed by atoms with Crippen molar-refractivity contribution in [3.05, 3.63) is 35.7 Å². The summed E-state index contributed by atoms with van der Waals surface area (Å²) >= 11 is 0. The molecule has 0 aromatic carbocycles. The molecule has 3 heterocycles. The van der Waals surface area contributed by atoms with E-state index in [1.54, 1.807) is 0 Å². The van der Waals surface area contributed by atoms with E-state index in [-0.39, 0.29) is 6.10 Å². The van der Waals surface area contributed by atoms with Crippen LogP contribution < -0.4 is 5.32 Å². The quantitative estimate of drug-likeness (QED) is 0.926. The highest BCUT2D eigenvalue weighted by Crippen LogP contribution is 2.27. The minimum absolute atomic E-state index is 0.0238. The number of aryl methyl sites for hydroxylation is 3. The van der Waals surface area contributed by atoms with E-state index < -0.39 is 0 Å². The van der Waals surface area contributed by atoms with Gasteiger partial charge < -0.3 is 14.6 Å². The van der Waals surface area contributed by atoms with Crippen LogP contribution in [-0.4, -0.2) is 32.0 Å². The molecule has 21 heavy (non-hydrogen) atoms. The molecule has 6 nitrogen and oxygen atoms in total. The molecule has 1 saturated heterocycles. The van der Waals surface area contributed by atoms with Gasteiger partial charge in [-0.15, -0.1) is 0 Å². The van der Waals surface area contributed by atoms with Crippen molar-refractivity contribution >= 4 is 0 Å². The van der Waals surface area contributed by atoms with Crippen LogP contribution in [0.15, 0.2) is 18.6 Å². The Labute approximate surface area is 125 Å². The Bertz CT molecular complexity index is 603. The lowest BCUT2D eigenvalue weighted by Crippen LogP contribution is -2.40. The number of ether oxygens (including phenoxy) is 1. The van der Waals surface area contributed by atoms with Crippen LogP contribution in [0.1, 0.15) is 36.0 Å². The molecular weight excluding hydrogens is 266 g/mol. The molecule has 2 atom stereocenters. The van der Waals surface area contributed by atoms with Gasteiger partial charge in [-0.2, -0.15) is 5.10 Å². The SMILES string of the molecule is Cc1nn(C)cc1CN[C@H]1CCCO[C@@H]1c1nccn1C. The van der Waals surface area contributed by atoms with E-state index in [0.717, 1.165) is 37.5 Å². The van der Waals surface area contributed by atoms with Crippen molar-refractivity contribution in [3.63, 3.8) is 0 Å². The van der Waals surface area contributed by atoms with Crippen molar-refractivity contribution in [3.8, 4) is 0 Å². The highest BCUT2D eigenvalue weighted by Gasteiger charge is 2.30. The molecule has 114 valence electrons. The van der Waals surface area contributed by atoms with Crippen LogP contribution in [0.25, 0.3) is 0 Å². The Kier molecular flexibility index (Phi) is 4.07. The highest BCUT2D eigenvalue weighted by molar-refractivity contribution is 5.15. The number of nitrogens with one attached hydrogen (secondary N) is 1. The summed E-state index contributed by atoms with van der Waals surface area (Å²) in [6.07, 6.45) is 8.09. The van der Waals surface area contributed by atoms with E-state index in [1.807, 2.05) is 42.7 Å². The van der Waals surface area contributed by atoms with Gasteiger partial charge in [-0.25, -0.2) is 4.98 Å². The molecule has 0 bridgehead atoms. The van der Waals surface area contributed by atoms with Crippen molar-refractivity contribution in [2.45, 2.75) is 38.5 Å². The van der Waals surface area contributed by atoms with E-state index in [4.69, 9.17) is 4.74 Å². The fourth-order valence-electron chi connectivity index (χ4n) is 2.96. The standard InChI is InChI=1S/C15H23N5O/c1-11-12(10-20(3)18-11)9-17-13-5-4-8-21-14(13)15-16-6-7-19(15)2/h6-7,10,13-14,17H,4-5,8-9H2,1-3H3/t13-,14-/m0/s1. The Morgan fingerprint density at radius 3 is 2.95 bits per heavy atom. The van der Waals surface area contributed by atoms with Crippen LogP contribution in [0.4, 0.5) is 0 Å². The Morgan fingerprint density at radius 1 is 1.43 bits per heavy atom. The van der Waals surface area contributed by atoms with E-state index in [1.165, 1.54) is 5.56 Å². The summed E-state index contributed by atoms with van der Waals surface area (Å²) < 4.78 is 9.88. The maximum atomic E-state index is 5.97. The van der Waals surface area contributed by atoms with Crippen LogP contribution >= 0.6 is 0 Å². The Hall–Kier alpha value is -1.66. The van der Waals surface area contributed by atoms with E-state index in [2.05, 4.69) is 21.6 Å². The first-order valence-corrected chi connectivity index (χ1v) is 7.46. The van der Waals surface area contributed by atoms with Gasteiger partial charge in [0.2, 0.25) is 0 Å². The van der Waals surface area contributed by atoms with Crippen LogP contribution in [0.2, 0.25) is 0 Å². The number of rotatable bonds is 4. The van der Waals surface area contributed by atoms with Gasteiger partial charge in [-0.1, -0.05) is 0 Å². The largest absolute Gasteiger partial charge is 0.369 e. The van der Waals surface area contributed by atoms with Crippen molar-refractivity contribution in [1.29, 1.82) is 0 Å². The zero-order valence-electron chi connectivity index (χ0n) is 12.9. The third kappa shape index (κ3) is 3.01. The highest BCUT2D eigenvalue weighted by atomic mass is 16.5. The molecule has 0 saturated carbocycles. The van der Waals surface area contributed by atoms with Crippen LogP contribution in [0.3, 0.4) is 0 Å². The summed E-state index contributed by atoms with van der Waals surface area (Å²) in [5.41, 5.74) is 2.32. The smallest absolute Gasteiger partial charge is 0.139 e. The summed E-state index contributed by atoms with van der Waals surface area (Å²) in [7, 11) is 3.97. The first kappa shape index (κ1) is 14.3. The van der Waals surface area contributed by atoms with Crippen LogP contribution in [-0.2, 0) is 25.4 Å². The van der Waals surface area contributed by atoms with Crippen molar-refractivity contribution in [1.82, 2.24) is 24.6 Å². The molecule has 0 amide bonds. The van der Waals surface area contributed by atoms with Gasteiger partial charge in [-0.3, -0.25) is 4.68 Å². The molecular formula is C15H23N5O. The second kappa shape index (κ2) is 5.99. The summed E-state index contributed by atoms with van der Waals surface area (Å²) in [6, 6.07) is 0.291. The average Bonchev–Trinajstić information content (AvgIpc) is 3.02. The topological polar surface area (TPSA) is 56.9 Å². The third-order valence-electron chi connectivity index (χ3n) is 4.11. The molecule has 1 fully saturated rings. The van der Waals surface area contributed by atoms with Gasteiger partial charge in [0, 0.05) is 57.4 Å². The molecule has 2 aromatic rings. The second-order valence-electron chi connectivity index (χ2n) is 5.73. The lowest BCUT2D eigenvalue weighted by Gasteiger charge is -2.32. The van der Waals surface area contributed by atoms with Crippen LogP contribution in [0, 0.1) is 6.92 Å². The monoisotopic (exact) mass is 289 g/mol. The van der Waals surface area contributed by atoms with Crippen molar-refractivity contribution in [2.24, 2.45) is 14.1 Å². The van der Waals surface area contributed by atoms with Gasteiger partial charge in [0.15, 0.2) is 0 Å². The first-order valence-electron chi connectivity index (χ1n) is 7.46. The van der Waals surface area contributed by atoms with Gasteiger partial charge in [-0.05, 0) is 19.8 Å². The van der Waals surface area contributed by atoms with Gasteiger partial charge in [0.05, 0.1) is 5.69 Å². The van der Waals surface area contributed by atoms with E-state index >= 15 is 0 Å². The molecule has 0 radical (unpaired) electrons. The zero-order chi connectivity index (χ0) is 14.8. The normalized spacial score (nSPS) is 22.6. The number of nitrogens with zero attached hydrogens (tertiary/aromatic N) is 4. The maximum Gasteiger partial charge on any atom is 0.139 e. The Balaban J connectivity index is 1.70. The second-order valence-corrected chi connectivity index (χ2v) is 5.73. The predicted molar refractivity (Wildman–Crippen MR) is 79.7 cm³/mol. The third-order valence-corrected chi connectivity index (χ3v) is 4.11. The molecule has 1 aliphatic rings. The minimum atomic E-state index is 0.0238. The molecule has 2 aromatic heterocycles. The molecule has 1 N–H and O–H groups in total. The van der Waals surface area contributed by atoms with Gasteiger partial charge >= 0.3 is 0 Å². The van der Waals surface area contributed by atoms with Crippen molar-refractivity contribution in [2.75, 3.05) is 6.61 Å². The lowest BCUT2D eigenvalue weighted by molar-refractivity contribution is -0.0178.